The Morgan fingerprint density at radius 1 is 1.25 bits per heavy atom. The quantitative estimate of drug-likeness (QED) is 0.852. The summed E-state index contributed by atoms with van der Waals surface area (Å²) in [6.45, 7) is 5.75. The van der Waals surface area contributed by atoms with Crippen molar-refractivity contribution in [3.63, 3.8) is 0 Å². The number of rotatable bonds is 3. The van der Waals surface area contributed by atoms with Gasteiger partial charge in [-0.1, -0.05) is 17.7 Å². The van der Waals surface area contributed by atoms with Crippen LogP contribution in [0.1, 0.15) is 24.8 Å². The molecule has 110 valence electrons. The average Bonchev–Trinajstić information content (AvgIpc) is 2.80. The van der Waals surface area contributed by atoms with Crippen LogP contribution in [0.15, 0.2) is 18.2 Å². The van der Waals surface area contributed by atoms with E-state index in [2.05, 4.69) is 9.80 Å². The van der Waals surface area contributed by atoms with Crippen molar-refractivity contribution in [3.8, 4) is 5.75 Å². The van der Waals surface area contributed by atoms with Crippen LogP contribution in [-0.2, 0) is 6.54 Å². The number of ether oxygens (including phenoxy) is 1. The first-order chi connectivity index (χ1) is 9.78. The minimum atomic E-state index is 0.742. The minimum absolute atomic E-state index is 0.742. The van der Waals surface area contributed by atoms with Crippen molar-refractivity contribution >= 4 is 11.6 Å². The SMILES string of the molecule is COc1cccc(Cl)c1CN1CCCN2CCCC2C1. The molecule has 2 fully saturated rings. The van der Waals surface area contributed by atoms with Crippen molar-refractivity contribution in [1.82, 2.24) is 9.80 Å². The van der Waals surface area contributed by atoms with Crippen LogP contribution in [0.2, 0.25) is 5.02 Å². The van der Waals surface area contributed by atoms with Crippen LogP contribution in [0.25, 0.3) is 0 Å². The fraction of sp³-hybridized carbons (Fsp3) is 0.625. The molecule has 3 rings (SSSR count). The highest BCUT2D eigenvalue weighted by Gasteiger charge is 2.29. The van der Waals surface area contributed by atoms with E-state index in [1.54, 1.807) is 7.11 Å². The van der Waals surface area contributed by atoms with Gasteiger partial charge in [0.25, 0.3) is 0 Å². The Morgan fingerprint density at radius 2 is 2.10 bits per heavy atom. The smallest absolute Gasteiger partial charge is 0.124 e. The Morgan fingerprint density at radius 3 is 2.95 bits per heavy atom. The summed E-state index contributed by atoms with van der Waals surface area (Å²) in [7, 11) is 1.72. The van der Waals surface area contributed by atoms with Gasteiger partial charge in [0.05, 0.1) is 7.11 Å². The van der Waals surface area contributed by atoms with E-state index in [9.17, 15) is 0 Å². The Hall–Kier alpha value is -0.770. The molecule has 1 aromatic rings. The zero-order chi connectivity index (χ0) is 13.9. The van der Waals surface area contributed by atoms with Crippen LogP contribution in [0.3, 0.4) is 0 Å². The molecule has 4 heteroatoms. The third-order valence-electron chi connectivity index (χ3n) is 4.57. The first kappa shape index (κ1) is 14.2. The molecule has 2 heterocycles. The van der Waals surface area contributed by atoms with Gasteiger partial charge in [0.1, 0.15) is 5.75 Å². The van der Waals surface area contributed by atoms with Gasteiger partial charge < -0.3 is 4.74 Å². The lowest BCUT2D eigenvalue weighted by Crippen LogP contribution is -2.36. The van der Waals surface area contributed by atoms with Crippen molar-refractivity contribution < 1.29 is 4.74 Å². The normalized spacial score (nSPS) is 24.4. The molecule has 2 aliphatic rings. The average molecular weight is 295 g/mol. The van der Waals surface area contributed by atoms with E-state index in [4.69, 9.17) is 16.3 Å². The van der Waals surface area contributed by atoms with E-state index in [1.165, 1.54) is 32.4 Å². The van der Waals surface area contributed by atoms with Gasteiger partial charge in [-0.05, 0) is 51.0 Å². The molecule has 0 spiro atoms. The second-order valence-electron chi connectivity index (χ2n) is 5.84. The van der Waals surface area contributed by atoms with Gasteiger partial charge >= 0.3 is 0 Å². The molecule has 1 aromatic carbocycles. The maximum absolute atomic E-state index is 6.36. The summed E-state index contributed by atoms with van der Waals surface area (Å²) in [5.41, 5.74) is 1.13. The first-order valence-electron chi connectivity index (χ1n) is 7.55. The highest BCUT2D eigenvalue weighted by Crippen LogP contribution is 2.29. The summed E-state index contributed by atoms with van der Waals surface area (Å²) >= 11 is 6.36. The number of nitrogens with zero attached hydrogens (tertiary/aromatic N) is 2. The van der Waals surface area contributed by atoms with E-state index < -0.39 is 0 Å². The van der Waals surface area contributed by atoms with Crippen molar-refractivity contribution in [2.45, 2.75) is 31.8 Å². The molecular weight excluding hydrogens is 272 g/mol. The number of fused-ring (bicyclic) bond motifs is 1. The lowest BCUT2D eigenvalue weighted by molar-refractivity contribution is 0.214. The van der Waals surface area contributed by atoms with Gasteiger partial charge in [0.2, 0.25) is 0 Å². The van der Waals surface area contributed by atoms with Gasteiger partial charge in [-0.25, -0.2) is 0 Å². The summed E-state index contributed by atoms with van der Waals surface area (Å²) in [5, 5.41) is 0.817. The predicted octanol–water partition coefficient (Wildman–Crippen LogP) is 3.02. The molecule has 1 atom stereocenters. The molecule has 1 unspecified atom stereocenters. The molecule has 2 aliphatic heterocycles. The molecule has 0 N–H and O–H groups in total. The van der Waals surface area contributed by atoms with Crippen LogP contribution in [0.4, 0.5) is 0 Å². The number of benzene rings is 1. The maximum atomic E-state index is 6.36. The summed E-state index contributed by atoms with van der Waals surface area (Å²) < 4.78 is 5.46. The highest BCUT2D eigenvalue weighted by atomic mass is 35.5. The topological polar surface area (TPSA) is 15.7 Å². The Kier molecular flexibility index (Phi) is 4.49. The molecule has 0 amide bonds. The van der Waals surface area contributed by atoms with Gasteiger partial charge in [-0.15, -0.1) is 0 Å². The van der Waals surface area contributed by atoms with Gasteiger partial charge in [0, 0.05) is 29.7 Å². The molecule has 0 aromatic heterocycles. The van der Waals surface area contributed by atoms with Gasteiger partial charge in [0.15, 0.2) is 0 Å². The lowest BCUT2D eigenvalue weighted by atomic mass is 10.1. The van der Waals surface area contributed by atoms with E-state index in [0.29, 0.717) is 0 Å². The van der Waals surface area contributed by atoms with Crippen molar-refractivity contribution in [1.29, 1.82) is 0 Å². The molecule has 20 heavy (non-hydrogen) atoms. The van der Waals surface area contributed by atoms with Crippen LogP contribution < -0.4 is 4.74 Å². The summed E-state index contributed by atoms with van der Waals surface area (Å²) in [4.78, 5) is 5.20. The fourth-order valence-corrected chi connectivity index (χ4v) is 3.76. The monoisotopic (exact) mass is 294 g/mol. The summed E-state index contributed by atoms with van der Waals surface area (Å²) in [6, 6.07) is 6.65. The zero-order valence-corrected chi connectivity index (χ0v) is 12.9. The second-order valence-corrected chi connectivity index (χ2v) is 6.25. The molecule has 2 saturated heterocycles. The van der Waals surface area contributed by atoms with Crippen molar-refractivity contribution in [2.75, 3.05) is 33.3 Å². The van der Waals surface area contributed by atoms with E-state index in [0.717, 1.165) is 42.0 Å². The Bertz CT molecular complexity index is 466. The summed E-state index contributed by atoms with van der Waals surface area (Å²) in [6.07, 6.45) is 3.95. The standard InChI is InChI=1S/C16H23ClN2O/c1-20-16-7-2-6-15(17)14(16)12-18-8-4-10-19-9-3-5-13(19)11-18/h2,6-7,13H,3-5,8-12H2,1H3. The van der Waals surface area contributed by atoms with E-state index in [-0.39, 0.29) is 0 Å². The number of hydrogen-bond acceptors (Lipinski definition) is 3. The number of halogens is 1. The van der Waals surface area contributed by atoms with Crippen LogP contribution in [0.5, 0.6) is 5.75 Å². The first-order valence-corrected chi connectivity index (χ1v) is 7.93. The van der Waals surface area contributed by atoms with Crippen LogP contribution in [-0.4, -0.2) is 49.1 Å². The third-order valence-corrected chi connectivity index (χ3v) is 4.92. The van der Waals surface area contributed by atoms with Crippen LogP contribution in [0, 0.1) is 0 Å². The van der Waals surface area contributed by atoms with E-state index in [1.807, 2.05) is 18.2 Å². The fourth-order valence-electron chi connectivity index (χ4n) is 3.53. The molecule has 3 nitrogen and oxygen atoms in total. The van der Waals surface area contributed by atoms with Gasteiger partial charge in [-0.2, -0.15) is 0 Å². The maximum Gasteiger partial charge on any atom is 0.124 e. The highest BCUT2D eigenvalue weighted by molar-refractivity contribution is 6.31. The van der Waals surface area contributed by atoms with Crippen LogP contribution >= 0.6 is 11.6 Å². The van der Waals surface area contributed by atoms with Crippen molar-refractivity contribution in [3.05, 3.63) is 28.8 Å². The molecule has 0 aliphatic carbocycles. The molecular formula is C16H23ClN2O. The third kappa shape index (κ3) is 2.95. The van der Waals surface area contributed by atoms with E-state index >= 15 is 0 Å². The Balaban J connectivity index is 1.74. The minimum Gasteiger partial charge on any atom is -0.496 e. The molecule has 0 bridgehead atoms. The summed E-state index contributed by atoms with van der Waals surface area (Å²) in [5.74, 6) is 0.907. The molecule has 0 saturated carbocycles. The molecule has 0 radical (unpaired) electrons. The zero-order valence-electron chi connectivity index (χ0n) is 12.1. The second kappa shape index (κ2) is 6.33. The number of methoxy groups -OCH3 is 1. The van der Waals surface area contributed by atoms with Crippen molar-refractivity contribution in [2.24, 2.45) is 0 Å². The Labute approximate surface area is 126 Å². The van der Waals surface area contributed by atoms with Gasteiger partial charge in [-0.3, -0.25) is 9.80 Å². The largest absolute Gasteiger partial charge is 0.496 e. The number of hydrogen-bond donors (Lipinski definition) is 0. The predicted molar refractivity (Wildman–Crippen MR) is 82.5 cm³/mol. The lowest BCUT2D eigenvalue weighted by Gasteiger charge is -2.26.